The molecule has 0 unspecified atom stereocenters. The van der Waals surface area contributed by atoms with Crippen molar-refractivity contribution >= 4 is 11.0 Å². The highest BCUT2D eigenvalue weighted by atomic mass is 16.1. The van der Waals surface area contributed by atoms with E-state index in [-0.39, 0.29) is 5.56 Å². The fourth-order valence-electron chi connectivity index (χ4n) is 1.86. The van der Waals surface area contributed by atoms with Crippen molar-refractivity contribution in [1.82, 2.24) is 15.0 Å². The van der Waals surface area contributed by atoms with E-state index >= 15 is 0 Å². The molecule has 0 fully saturated rings. The molecule has 0 radical (unpaired) electrons. The average molecular weight is 231 g/mol. The van der Waals surface area contributed by atoms with Crippen LogP contribution < -0.4 is 5.56 Å². The SMILES string of the molecule is CCCCCCc1nc2ncccc2c(=O)[nH]1. The van der Waals surface area contributed by atoms with Gasteiger partial charge in [0.2, 0.25) is 0 Å². The van der Waals surface area contributed by atoms with E-state index in [4.69, 9.17) is 0 Å². The van der Waals surface area contributed by atoms with Crippen LogP contribution in [-0.2, 0) is 6.42 Å². The molecule has 2 heterocycles. The normalized spacial score (nSPS) is 10.9. The standard InChI is InChI=1S/C13H17N3O/c1-2-3-4-5-8-11-15-12-10(13(17)16-11)7-6-9-14-12/h6-7,9H,2-5,8H2,1H3,(H,14,15,16,17). The van der Waals surface area contributed by atoms with Crippen LogP contribution in [0.1, 0.15) is 38.4 Å². The van der Waals surface area contributed by atoms with Crippen molar-refractivity contribution in [2.75, 3.05) is 0 Å². The van der Waals surface area contributed by atoms with E-state index in [9.17, 15) is 4.79 Å². The van der Waals surface area contributed by atoms with Gasteiger partial charge in [0.15, 0.2) is 5.65 Å². The number of rotatable bonds is 5. The van der Waals surface area contributed by atoms with E-state index in [1.54, 1.807) is 18.3 Å². The minimum atomic E-state index is -0.0893. The van der Waals surface area contributed by atoms with E-state index in [0.717, 1.165) is 18.7 Å². The number of pyridine rings is 1. The summed E-state index contributed by atoms with van der Waals surface area (Å²) < 4.78 is 0. The lowest BCUT2D eigenvalue weighted by Crippen LogP contribution is -2.12. The number of aryl methyl sites for hydroxylation is 1. The number of nitrogens with zero attached hydrogens (tertiary/aromatic N) is 2. The lowest BCUT2D eigenvalue weighted by molar-refractivity contribution is 0.652. The molecule has 17 heavy (non-hydrogen) atoms. The number of aromatic amines is 1. The van der Waals surface area contributed by atoms with Crippen molar-refractivity contribution < 1.29 is 0 Å². The van der Waals surface area contributed by atoms with Gasteiger partial charge in [0.1, 0.15) is 5.82 Å². The third-order valence-electron chi connectivity index (χ3n) is 2.80. The largest absolute Gasteiger partial charge is 0.310 e. The van der Waals surface area contributed by atoms with Crippen LogP contribution in [0.15, 0.2) is 23.1 Å². The number of hydrogen-bond acceptors (Lipinski definition) is 3. The van der Waals surface area contributed by atoms with Crippen LogP contribution in [0.2, 0.25) is 0 Å². The highest BCUT2D eigenvalue weighted by Crippen LogP contribution is 2.06. The maximum Gasteiger partial charge on any atom is 0.260 e. The molecule has 0 aliphatic rings. The number of H-pyrrole nitrogens is 1. The smallest absolute Gasteiger partial charge is 0.260 e. The number of fused-ring (bicyclic) bond motifs is 1. The van der Waals surface area contributed by atoms with Gasteiger partial charge in [-0.1, -0.05) is 26.2 Å². The Balaban J connectivity index is 2.16. The Labute approximate surface area is 100 Å². The summed E-state index contributed by atoms with van der Waals surface area (Å²) in [4.78, 5) is 23.1. The molecule has 2 aromatic heterocycles. The number of nitrogens with one attached hydrogen (secondary N) is 1. The molecule has 4 nitrogen and oxygen atoms in total. The fraction of sp³-hybridized carbons (Fsp3) is 0.462. The number of aromatic nitrogens is 3. The summed E-state index contributed by atoms with van der Waals surface area (Å²) in [6.45, 7) is 2.18. The first-order valence-electron chi connectivity index (χ1n) is 6.15. The molecular formula is C13H17N3O. The molecule has 0 saturated carbocycles. The van der Waals surface area contributed by atoms with Crippen molar-refractivity contribution in [1.29, 1.82) is 0 Å². The molecule has 0 atom stereocenters. The molecule has 0 aliphatic heterocycles. The minimum Gasteiger partial charge on any atom is -0.310 e. The Morgan fingerprint density at radius 2 is 2.18 bits per heavy atom. The van der Waals surface area contributed by atoms with Crippen LogP contribution in [0, 0.1) is 0 Å². The van der Waals surface area contributed by atoms with Gasteiger partial charge in [-0.3, -0.25) is 4.79 Å². The molecule has 0 saturated heterocycles. The van der Waals surface area contributed by atoms with Crippen molar-refractivity contribution in [3.8, 4) is 0 Å². The first-order chi connectivity index (χ1) is 8.31. The number of unbranched alkanes of at least 4 members (excludes halogenated alkanes) is 3. The van der Waals surface area contributed by atoms with Crippen LogP contribution in [0.5, 0.6) is 0 Å². The van der Waals surface area contributed by atoms with Gasteiger partial charge in [-0.25, -0.2) is 9.97 Å². The maximum absolute atomic E-state index is 11.8. The Morgan fingerprint density at radius 1 is 1.29 bits per heavy atom. The zero-order valence-electron chi connectivity index (χ0n) is 10.1. The highest BCUT2D eigenvalue weighted by molar-refractivity contribution is 5.72. The summed E-state index contributed by atoms with van der Waals surface area (Å²) >= 11 is 0. The molecule has 0 spiro atoms. The van der Waals surface area contributed by atoms with Crippen molar-refractivity contribution in [2.45, 2.75) is 39.0 Å². The van der Waals surface area contributed by atoms with Gasteiger partial charge < -0.3 is 4.98 Å². The van der Waals surface area contributed by atoms with Gasteiger partial charge in [-0.05, 0) is 18.6 Å². The molecular weight excluding hydrogens is 214 g/mol. The molecule has 4 heteroatoms. The second-order valence-electron chi connectivity index (χ2n) is 4.20. The lowest BCUT2D eigenvalue weighted by Gasteiger charge is -2.02. The highest BCUT2D eigenvalue weighted by Gasteiger charge is 2.03. The predicted molar refractivity (Wildman–Crippen MR) is 68.0 cm³/mol. The second kappa shape index (κ2) is 5.57. The minimum absolute atomic E-state index is 0.0893. The van der Waals surface area contributed by atoms with Crippen LogP contribution >= 0.6 is 0 Å². The first kappa shape index (κ1) is 11.8. The van der Waals surface area contributed by atoms with Crippen molar-refractivity contribution in [3.05, 3.63) is 34.5 Å². The fourth-order valence-corrected chi connectivity index (χ4v) is 1.86. The summed E-state index contributed by atoms with van der Waals surface area (Å²) in [7, 11) is 0. The maximum atomic E-state index is 11.8. The van der Waals surface area contributed by atoms with Gasteiger partial charge in [0.25, 0.3) is 5.56 Å². The van der Waals surface area contributed by atoms with E-state index < -0.39 is 0 Å². The van der Waals surface area contributed by atoms with E-state index in [0.29, 0.717) is 11.0 Å². The monoisotopic (exact) mass is 231 g/mol. The third-order valence-corrected chi connectivity index (χ3v) is 2.80. The van der Waals surface area contributed by atoms with Crippen LogP contribution in [0.4, 0.5) is 0 Å². The summed E-state index contributed by atoms with van der Waals surface area (Å²) in [5, 5.41) is 0.560. The van der Waals surface area contributed by atoms with Crippen LogP contribution in [-0.4, -0.2) is 15.0 Å². The van der Waals surface area contributed by atoms with Crippen LogP contribution in [0.25, 0.3) is 11.0 Å². The Kier molecular flexibility index (Phi) is 3.85. The molecule has 0 aromatic carbocycles. The molecule has 0 amide bonds. The number of hydrogen-bond donors (Lipinski definition) is 1. The van der Waals surface area contributed by atoms with Gasteiger partial charge in [0.05, 0.1) is 5.39 Å². The summed E-state index contributed by atoms with van der Waals surface area (Å²) in [5.41, 5.74) is 0.454. The molecule has 90 valence electrons. The van der Waals surface area contributed by atoms with E-state index in [1.165, 1.54) is 19.3 Å². The van der Waals surface area contributed by atoms with Crippen molar-refractivity contribution in [2.24, 2.45) is 0 Å². The lowest BCUT2D eigenvalue weighted by atomic mass is 10.1. The zero-order valence-corrected chi connectivity index (χ0v) is 10.1. The van der Waals surface area contributed by atoms with Gasteiger partial charge in [-0.15, -0.1) is 0 Å². The topological polar surface area (TPSA) is 58.6 Å². The van der Waals surface area contributed by atoms with Crippen LogP contribution in [0.3, 0.4) is 0 Å². The van der Waals surface area contributed by atoms with Gasteiger partial charge >= 0.3 is 0 Å². The Hall–Kier alpha value is -1.71. The molecule has 0 bridgehead atoms. The predicted octanol–water partition coefficient (Wildman–Crippen LogP) is 2.44. The first-order valence-corrected chi connectivity index (χ1v) is 6.15. The quantitative estimate of drug-likeness (QED) is 0.804. The summed E-state index contributed by atoms with van der Waals surface area (Å²) in [6, 6.07) is 3.50. The average Bonchev–Trinajstić information content (AvgIpc) is 2.35. The molecule has 1 N–H and O–H groups in total. The second-order valence-corrected chi connectivity index (χ2v) is 4.20. The molecule has 2 aromatic rings. The summed E-state index contributed by atoms with van der Waals surface area (Å²) in [6.07, 6.45) is 7.17. The zero-order chi connectivity index (χ0) is 12.1. The van der Waals surface area contributed by atoms with E-state index in [1.807, 2.05) is 0 Å². The van der Waals surface area contributed by atoms with Crippen molar-refractivity contribution in [3.63, 3.8) is 0 Å². The molecule has 2 rings (SSSR count). The Morgan fingerprint density at radius 3 is 3.00 bits per heavy atom. The van der Waals surface area contributed by atoms with Gasteiger partial charge in [-0.2, -0.15) is 0 Å². The Bertz CT molecular complexity index is 548. The summed E-state index contributed by atoms with van der Waals surface area (Å²) in [5.74, 6) is 0.748. The van der Waals surface area contributed by atoms with E-state index in [2.05, 4.69) is 21.9 Å². The van der Waals surface area contributed by atoms with Gasteiger partial charge in [0, 0.05) is 12.6 Å². The molecule has 0 aliphatic carbocycles. The third kappa shape index (κ3) is 2.90.